The molecule has 1 saturated heterocycles. The summed E-state index contributed by atoms with van der Waals surface area (Å²) < 4.78 is 5.25. The Labute approximate surface area is 160 Å². The maximum absolute atomic E-state index is 12.5. The van der Waals surface area contributed by atoms with Crippen LogP contribution in [-0.4, -0.2) is 42.3 Å². The number of carbonyl (C=O) groups is 2. The summed E-state index contributed by atoms with van der Waals surface area (Å²) in [5.41, 5.74) is 1.11. The smallest absolute Gasteiger partial charge is 0.251 e. The maximum Gasteiger partial charge on any atom is 0.251 e. The summed E-state index contributed by atoms with van der Waals surface area (Å²) >= 11 is 0. The van der Waals surface area contributed by atoms with Gasteiger partial charge in [-0.3, -0.25) is 9.59 Å². The summed E-state index contributed by atoms with van der Waals surface area (Å²) in [5.74, 6) is 0.00451. The van der Waals surface area contributed by atoms with Crippen molar-refractivity contribution in [2.24, 2.45) is 5.92 Å². The van der Waals surface area contributed by atoms with E-state index in [2.05, 4.69) is 22.8 Å². The number of allylic oxidation sites excluding steroid dienone is 2. The number of hydrogen-bond acceptors (Lipinski definition) is 4. The maximum atomic E-state index is 12.5. The minimum Gasteiger partial charge on any atom is -0.388 e. The lowest BCUT2D eigenvalue weighted by Crippen LogP contribution is -2.46. The third-order valence-electron chi connectivity index (χ3n) is 5.34. The lowest BCUT2D eigenvalue weighted by Gasteiger charge is -2.32. The molecule has 27 heavy (non-hydrogen) atoms. The molecule has 0 spiro atoms. The van der Waals surface area contributed by atoms with E-state index in [1.807, 2.05) is 13.0 Å². The van der Waals surface area contributed by atoms with Crippen molar-refractivity contribution in [2.45, 2.75) is 44.6 Å². The van der Waals surface area contributed by atoms with Crippen LogP contribution in [-0.2, 0) is 9.53 Å². The molecule has 6 heteroatoms. The molecule has 0 radical (unpaired) electrons. The van der Waals surface area contributed by atoms with Gasteiger partial charge in [0.2, 0.25) is 5.91 Å². The highest BCUT2D eigenvalue weighted by Crippen LogP contribution is 2.23. The topological polar surface area (TPSA) is 87.7 Å². The van der Waals surface area contributed by atoms with Crippen molar-refractivity contribution in [3.8, 4) is 0 Å². The third kappa shape index (κ3) is 5.40. The molecule has 0 aromatic heterocycles. The first kappa shape index (κ1) is 19.6. The van der Waals surface area contributed by atoms with Gasteiger partial charge in [0.25, 0.3) is 5.91 Å². The summed E-state index contributed by atoms with van der Waals surface area (Å²) in [4.78, 5) is 24.8. The highest BCUT2D eigenvalue weighted by atomic mass is 16.5. The zero-order valence-corrected chi connectivity index (χ0v) is 15.8. The first-order valence-corrected chi connectivity index (χ1v) is 9.61. The van der Waals surface area contributed by atoms with Gasteiger partial charge in [0.1, 0.15) is 0 Å². The Kier molecular flexibility index (Phi) is 6.29. The molecule has 1 aliphatic heterocycles. The van der Waals surface area contributed by atoms with E-state index >= 15 is 0 Å². The molecule has 1 aromatic carbocycles. The van der Waals surface area contributed by atoms with Gasteiger partial charge in [0.15, 0.2) is 0 Å². The number of rotatable bonds is 6. The summed E-state index contributed by atoms with van der Waals surface area (Å²) in [6, 6.07) is 5.25. The molecule has 0 saturated carbocycles. The van der Waals surface area contributed by atoms with Crippen LogP contribution in [0.3, 0.4) is 0 Å². The molecule has 0 bridgehead atoms. The van der Waals surface area contributed by atoms with Crippen molar-refractivity contribution >= 4 is 17.5 Å². The number of aliphatic hydroxyl groups is 1. The zero-order valence-electron chi connectivity index (χ0n) is 15.8. The van der Waals surface area contributed by atoms with Crippen LogP contribution >= 0.6 is 0 Å². The van der Waals surface area contributed by atoms with Crippen LogP contribution in [0.2, 0.25) is 0 Å². The first-order chi connectivity index (χ1) is 13.0. The average Bonchev–Trinajstić information content (AvgIpc) is 3.15. The van der Waals surface area contributed by atoms with E-state index in [0.29, 0.717) is 49.6 Å². The van der Waals surface area contributed by atoms with Crippen LogP contribution < -0.4 is 10.6 Å². The molecule has 6 nitrogen and oxygen atoms in total. The quantitative estimate of drug-likeness (QED) is 0.670. The second kappa shape index (κ2) is 8.67. The van der Waals surface area contributed by atoms with Crippen LogP contribution in [0.25, 0.3) is 0 Å². The van der Waals surface area contributed by atoms with Crippen LogP contribution in [0.15, 0.2) is 30.4 Å². The van der Waals surface area contributed by atoms with Gasteiger partial charge in [-0.05, 0) is 43.4 Å². The second-order valence-electron chi connectivity index (χ2n) is 7.57. The Morgan fingerprint density at radius 1 is 1.30 bits per heavy atom. The van der Waals surface area contributed by atoms with Gasteiger partial charge in [-0.1, -0.05) is 18.2 Å². The molecular weight excluding hydrogens is 344 g/mol. The van der Waals surface area contributed by atoms with Gasteiger partial charge in [0, 0.05) is 50.3 Å². The summed E-state index contributed by atoms with van der Waals surface area (Å²) in [7, 11) is 0. The van der Waals surface area contributed by atoms with Crippen molar-refractivity contribution in [1.29, 1.82) is 0 Å². The summed E-state index contributed by atoms with van der Waals surface area (Å²) in [6.07, 6.45) is 7.74. The van der Waals surface area contributed by atoms with Gasteiger partial charge < -0.3 is 20.5 Å². The Hall–Kier alpha value is -2.18. The number of ether oxygens (including phenoxy) is 1. The van der Waals surface area contributed by atoms with Gasteiger partial charge >= 0.3 is 0 Å². The van der Waals surface area contributed by atoms with Gasteiger partial charge in [-0.25, -0.2) is 0 Å². The SMILES string of the molecule is Cc1ccc(C(=O)NCC2(O)CCOCC2)cc1NC(=O)CC1C=CCC1. The van der Waals surface area contributed by atoms with Crippen molar-refractivity contribution in [3.05, 3.63) is 41.5 Å². The van der Waals surface area contributed by atoms with Crippen LogP contribution in [0, 0.1) is 12.8 Å². The van der Waals surface area contributed by atoms with Crippen LogP contribution in [0.4, 0.5) is 5.69 Å². The second-order valence-corrected chi connectivity index (χ2v) is 7.57. The average molecular weight is 372 g/mol. The molecule has 3 N–H and O–H groups in total. The Bertz CT molecular complexity index is 723. The van der Waals surface area contributed by atoms with E-state index in [4.69, 9.17) is 4.74 Å². The normalized spacial score (nSPS) is 21.0. The lowest BCUT2D eigenvalue weighted by molar-refractivity contribution is -0.116. The molecule has 1 aliphatic carbocycles. The van der Waals surface area contributed by atoms with E-state index in [1.165, 1.54) is 0 Å². The predicted octanol–water partition coefficient (Wildman–Crippen LogP) is 2.56. The highest BCUT2D eigenvalue weighted by Gasteiger charge is 2.30. The fourth-order valence-electron chi connectivity index (χ4n) is 3.48. The van der Waals surface area contributed by atoms with Crippen LogP contribution in [0.5, 0.6) is 0 Å². The van der Waals surface area contributed by atoms with Crippen molar-refractivity contribution in [3.63, 3.8) is 0 Å². The Balaban J connectivity index is 1.59. The van der Waals surface area contributed by atoms with Crippen molar-refractivity contribution < 1.29 is 19.4 Å². The van der Waals surface area contributed by atoms with Gasteiger partial charge in [0.05, 0.1) is 5.60 Å². The minimum absolute atomic E-state index is 0.0382. The molecule has 2 amide bonds. The number of anilines is 1. The van der Waals surface area contributed by atoms with E-state index < -0.39 is 5.60 Å². The standard InChI is InChI=1S/C21H28N2O4/c1-15-6-7-17(20(25)22-14-21(26)8-10-27-11-9-21)13-18(15)23-19(24)12-16-4-2-3-5-16/h2,4,6-7,13,16,26H,3,5,8-12,14H2,1H3,(H,22,25)(H,23,24). The van der Waals surface area contributed by atoms with Crippen molar-refractivity contribution in [1.82, 2.24) is 5.32 Å². The number of hydrogen-bond donors (Lipinski definition) is 3. The number of carbonyl (C=O) groups excluding carboxylic acids is 2. The third-order valence-corrected chi connectivity index (χ3v) is 5.34. The molecule has 2 aliphatic rings. The molecule has 146 valence electrons. The van der Waals surface area contributed by atoms with Gasteiger partial charge in [-0.2, -0.15) is 0 Å². The largest absolute Gasteiger partial charge is 0.388 e. The zero-order chi connectivity index (χ0) is 19.3. The molecular formula is C21H28N2O4. The van der Waals surface area contributed by atoms with Gasteiger partial charge in [-0.15, -0.1) is 0 Å². The fourth-order valence-corrected chi connectivity index (χ4v) is 3.48. The van der Waals surface area contributed by atoms with Crippen LogP contribution in [0.1, 0.15) is 48.0 Å². The molecule has 1 heterocycles. The molecule has 1 unspecified atom stereocenters. The molecule has 1 fully saturated rings. The number of aryl methyl sites for hydroxylation is 1. The summed E-state index contributed by atoms with van der Waals surface area (Å²) in [6.45, 7) is 3.10. The number of nitrogens with one attached hydrogen (secondary N) is 2. The molecule has 3 rings (SSSR count). The monoisotopic (exact) mass is 372 g/mol. The predicted molar refractivity (Wildman–Crippen MR) is 104 cm³/mol. The number of amides is 2. The Morgan fingerprint density at radius 2 is 2.07 bits per heavy atom. The highest BCUT2D eigenvalue weighted by molar-refractivity contribution is 5.97. The van der Waals surface area contributed by atoms with E-state index in [1.54, 1.807) is 12.1 Å². The fraction of sp³-hybridized carbons (Fsp3) is 0.524. The van der Waals surface area contributed by atoms with Crippen molar-refractivity contribution in [2.75, 3.05) is 25.1 Å². The number of benzene rings is 1. The minimum atomic E-state index is -0.912. The Morgan fingerprint density at radius 3 is 2.78 bits per heavy atom. The first-order valence-electron chi connectivity index (χ1n) is 9.61. The van der Waals surface area contributed by atoms with E-state index in [0.717, 1.165) is 18.4 Å². The molecule has 1 aromatic rings. The van der Waals surface area contributed by atoms with E-state index in [-0.39, 0.29) is 18.4 Å². The lowest BCUT2D eigenvalue weighted by atomic mass is 9.94. The summed E-state index contributed by atoms with van der Waals surface area (Å²) in [5, 5.41) is 16.2. The molecule has 1 atom stereocenters. The van der Waals surface area contributed by atoms with E-state index in [9.17, 15) is 14.7 Å².